The van der Waals surface area contributed by atoms with E-state index in [1.54, 1.807) is 0 Å². The summed E-state index contributed by atoms with van der Waals surface area (Å²) in [6.45, 7) is 2.96. The van der Waals surface area contributed by atoms with Gasteiger partial charge in [0.05, 0.1) is 11.1 Å². The lowest BCUT2D eigenvalue weighted by Gasteiger charge is -2.12. The molecule has 0 aliphatic carbocycles. The topological polar surface area (TPSA) is 41.5 Å². The fourth-order valence-electron chi connectivity index (χ4n) is 1.28. The van der Waals surface area contributed by atoms with Crippen molar-refractivity contribution in [3.8, 4) is 5.75 Å². The predicted molar refractivity (Wildman–Crippen MR) is 66.0 cm³/mol. The van der Waals surface area contributed by atoms with Gasteiger partial charge in [-0.05, 0) is 31.2 Å². The van der Waals surface area contributed by atoms with Crippen LogP contribution in [0, 0.1) is 0 Å². The summed E-state index contributed by atoms with van der Waals surface area (Å²) in [6.07, 6.45) is 0.239. The van der Waals surface area contributed by atoms with Gasteiger partial charge in [-0.25, -0.2) is 0 Å². The Balaban J connectivity index is 2.60. The van der Waals surface area contributed by atoms with Crippen molar-refractivity contribution in [2.24, 2.45) is 0 Å². The zero-order valence-corrected chi connectivity index (χ0v) is 10.4. The van der Waals surface area contributed by atoms with Crippen LogP contribution in [0.4, 0.5) is 0 Å². The van der Waals surface area contributed by atoms with E-state index in [1.807, 2.05) is 32.2 Å². The number of aliphatic hydroxyl groups is 1. The third-order valence-corrected chi connectivity index (χ3v) is 2.58. The van der Waals surface area contributed by atoms with Crippen molar-refractivity contribution in [3.05, 3.63) is 28.8 Å². The highest BCUT2D eigenvalue weighted by molar-refractivity contribution is 6.32. The Kier molecular flexibility index (Phi) is 5.60. The number of aliphatic hydroxyl groups excluding tert-OH is 1. The smallest absolute Gasteiger partial charge is 0.138 e. The van der Waals surface area contributed by atoms with Crippen molar-refractivity contribution in [1.29, 1.82) is 0 Å². The predicted octanol–water partition coefficient (Wildman–Crippen LogP) is 2.21. The van der Waals surface area contributed by atoms with Gasteiger partial charge in [-0.1, -0.05) is 24.6 Å². The molecule has 1 unspecified atom stereocenters. The molecule has 0 spiro atoms. The van der Waals surface area contributed by atoms with E-state index in [2.05, 4.69) is 5.32 Å². The molecule has 90 valence electrons. The molecule has 0 saturated heterocycles. The minimum absolute atomic E-state index is 0.279. The maximum Gasteiger partial charge on any atom is 0.138 e. The molecule has 0 heterocycles. The van der Waals surface area contributed by atoms with Crippen LogP contribution in [0.1, 0.15) is 18.9 Å². The first-order valence-electron chi connectivity index (χ1n) is 5.41. The van der Waals surface area contributed by atoms with E-state index >= 15 is 0 Å². The van der Waals surface area contributed by atoms with Crippen molar-refractivity contribution in [1.82, 2.24) is 5.32 Å². The van der Waals surface area contributed by atoms with Crippen molar-refractivity contribution in [3.63, 3.8) is 0 Å². The van der Waals surface area contributed by atoms with E-state index in [0.717, 1.165) is 12.1 Å². The standard InChI is InChI=1S/C12H18ClNO2/c1-3-10(15)8-16-12-5-4-9(7-14-2)6-11(12)13/h4-6,10,14-15H,3,7-8H2,1-2H3. The van der Waals surface area contributed by atoms with E-state index in [4.69, 9.17) is 16.3 Å². The van der Waals surface area contributed by atoms with Crippen LogP contribution in [-0.2, 0) is 6.54 Å². The van der Waals surface area contributed by atoms with Gasteiger partial charge in [0, 0.05) is 6.54 Å². The average Bonchev–Trinajstić information content (AvgIpc) is 2.28. The quantitative estimate of drug-likeness (QED) is 0.805. The van der Waals surface area contributed by atoms with Gasteiger partial charge >= 0.3 is 0 Å². The summed E-state index contributed by atoms with van der Waals surface area (Å²) in [4.78, 5) is 0. The molecule has 0 fully saturated rings. The number of hydrogen-bond donors (Lipinski definition) is 2. The third-order valence-electron chi connectivity index (χ3n) is 2.28. The summed E-state index contributed by atoms with van der Waals surface area (Å²) in [5, 5.41) is 13.0. The van der Waals surface area contributed by atoms with E-state index in [0.29, 0.717) is 17.2 Å². The Morgan fingerprint density at radius 2 is 2.25 bits per heavy atom. The van der Waals surface area contributed by atoms with Crippen LogP contribution in [0.5, 0.6) is 5.75 Å². The van der Waals surface area contributed by atoms with Crippen LogP contribution in [0.15, 0.2) is 18.2 Å². The van der Waals surface area contributed by atoms with Gasteiger partial charge in [0.2, 0.25) is 0 Å². The Bertz CT molecular complexity index is 331. The second-order valence-corrected chi connectivity index (χ2v) is 4.08. The Morgan fingerprint density at radius 3 is 2.81 bits per heavy atom. The van der Waals surface area contributed by atoms with Crippen LogP contribution in [0.3, 0.4) is 0 Å². The van der Waals surface area contributed by atoms with Crippen molar-refractivity contribution in [2.75, 3.05) is 13.7 Å². The molecule has 1 aromatic rings. The summed E-state index contributed by atoms with van der Waals surface area (Å²) >= 11 is 6.06. The fraction of sp³-hybridized carbons (Fsp3) is 0.500. The van der Waals surface area contributed by atoms with Crippen LogP contribution in [0.25, 0.3) is 0 Å². The highest BCUT2D eigenvalue weighted by Crippen LogP contribution is 2.25. The number of ether oxygens (including phenoxy) is 1. The summed E-state index contributed by atoms with van der Waals surface area (Å²) in [7, 11) is 1.88. The molecular weight excluding hydrogens is 226 g/mol. The van der Waals surface area contributed by atoms with Gasteiger partial charge in [-0.3, -0.25) is 0 Å². The number of hydrogen-bond acceptors (Lipinski definition) is 3. The average molecular weight is 244 g/mol. The molecule has 0 aliphatic rings. The monoisotopic (exact) mass is 243 g/mol. The fourth-order valence-corrected chi connectivity index (χ4v) is 1.54. The van der Waals surface area contributed by atoms with Crippen LogP contribution in [-0.4, -0.2) is 24.9 Å². The van der Waals surface area contributed by atoms with E-state index < -0.39 is 6.10 Å². The van der Waals surface area contributed by atoms with E-state index in [9.17, 15) is 5.11 Å². The second-order valence-electron chi connectivity index (χ2n) is 3.67. The Morgan fingerprint density at radius 1 is 1.50 bits per heavy atom. The molecule has 2 N–H and O–H groups in total. The van der Waals surface area contributed by atoms with Crippen LogP contribution < -0.4 is 10.1 Å². The molecule has 0 amide bonds. The summed E-state index contributed by atoms with van der Waals surface area (Å²) in [5.74, 6) is 0.619. The molecule has 0 saturated carbocycles. The molecular formula is C12H18ClNO2. The lowest BCUT2D eigenvalue weighted by atomic mass is 10.2. The van der Waals surface area contributed by atoms with E-state index in [-0.39, 0.29) is 6.61 Å². The van der Waals surface area contributed by atoms with Crippen molar-refractivity contribution < 1.29 is 9.84 Å². The minimum Gasteiger partial charge on any atom is -0.489 e. The summed E-state index contributed by atoms with van der Waals surface area (Å²) in [5.41, 5.74) is 1.11. The molecule has 0 aromatic heterocycles. The summed E-state index contributed by atoms with van der Waals surface area (Å²) < 4.78 is 5.42. The normalized spacial score (nSPS) is 12.5. The zero-order chi connectivity index (χ0) is 12.0. The molecule has 1 aromatic carbocycles. The first-order valence-corrected chi connectivity index (χ1v) is 5.79. The SMILES string of the molecule is CCC(O)COc1ccc(CNC)cc1Cl. The van der Waals surface area contributed by atoms with Crippen molar-refractivity contribution >= 4 is 11.6 Å². The lowest BCUT2D eigenvalue weighted by Crippen LogP contribution is -2.16. The lowest BCUT2D eigenvalue weighted by molar-refractivity contribution is 0.104. The number of nitrogens with one attached hydrogen (secondary N) is 1. The minimum atomic E-state index is -0.437. The van der Waals surface area contributed by atoms with Crippen LogP contribution in [0.2, 0.25) is 5.02 Å². The first-order chi connectivity index (χ1) is 7.67. The number of benzene rings is 1. The van der Waals surface area contributed by atoms with Crippen LogP contribution >= 0.6 is 11.6 Å². The van der Waals surface area contributed by atoms with Gasteiger partial charge in [-0.2, -0.15) is 0 Å². The largest absolute Gasteiger partial charge is 0.489 e. The molecule has 0 radical (unpaired) electrons. The highest BCUT2D eigenvalue weighted by atomic mass is 35.5. The molecule has 1 rings (SSSR count). The molecule has 3 nitrogen and oxygen atoms in total. The number of rotatable bonds is 6. The van der Waals surface area contributed by atoms with Gasteiger partial charge in [-0.15, -0.1) is 0 Å². The molecule has 4 heteroatoms. The number of halogens is 1. The molecule has 0 bridgehead atoms. The van der Waals surface area contributed by atoms with Gasteiger partial charge < -0.3 is 15.2 Å². The second kappa shape index (κ2) is 6.74. The first kappa shape index (κ1) is 13.3. The van der Waals surface area contributed by atoms with Crippen molar-refractivity contribution in [2.45, 2.75) is 26.0 Å². The van der Waals surface area contributed by atoms with Gasteiger partial charge in [0.25, 0.3) is 0 Å². The third kappa shape index (κ3) is 4.00. The Hall–Kier alpha value is -0.770. The van der Waals surface area contributed by atoms with Gasteiger partial charge in [0.1, 0.15) is 12.4 Å². The maximum absolute atomic E-state index is 9.37. The molecule has 0 aliphatic heterocycles. The Labute approximate surface area is 101 Å². The molecule has 1 atom stereocenters. The highest BCUT2D eigenvalue weighted by Gasteiger charge is 2.06. The van der Waals surface area contributed by atoms with Gasteiger partial charge in [0.15, 0.2) is 0 Å². The molecule has 16 heavy (non-hydrogen) atoms. The zero-order valence-electron chi connectivity index (χ0n) is 9.66. The maximum atomic E-state index is 9.37. The summed E-state index contributed by atoms with van der Waals surface area (Å²) in [6, 6.07) is 5.65. The van der Waals surface area contributed by atoms with E-state index in [1.165, 1.54) is 0 Å².